The van der Waals surface area contributed by atoms with Crippen LogP contribution in [0.4, 0.5) is 0 Å². The zero-order chi connectivity index (χ0) is 15.0. The predicted molar refractivity (Wildman–Crippen MR) is 83.0 cm³/mol. The van der Waals surface area contributed by atoms with Gasteiger partial charge >= 0.3 is 5.97 Å². The van der Waals surface area contributed by atoms with Gasteiger partial charge in [-0.3, -0.25) is 4.79 Å². The molecule has 4 heteroatoms. The van der Waals surface area contributed by atoms with Crippen molar-refractivity contribution < 1.29 is 9.90 Å². The van der Waals surface area contributed by atoms with E-state index in [-0.39, 0.29) is 0 Å². The molecular weight excluding hydrogens is 252 g/mol. The quantitative estimate of drug-likeness (QED) is 0.606. The molecule has 1 aliphatic rings. The first-order valence-corrected chi connectivity index (χ1v) is 8.22. The summed E-state index contributed by atoms with van der Waals surface area (Å²) in [5.41, 5.74) is -0.757. The maximum absolute atomic E-state index is 11.4. The van der Waals surface area contributed by atoms with Crippen LogP contribution in [-0.2, 0) is 4.79 Å². The van der Waals surface area contributed by atoms with Gasteiger partial charge in [-0.05, 0) is 64.6 Å². The lowest BCUT2D eigenvalue weighted by Crippen LogP contribution is -2.49. The van der Waals surface area contributed by atoms with E-state index >= 15 is 0 Å². The summed E-state index contributed by atoms with van der Waals surface area (Å²) < 4.78 is 0. The highest BCUT2D eigenvalue weighted by molar-refractivity contribution is 5.78. The van der Waals surface area contributed by atoms with Gasteiger partial charge in [-0.1, -0.05) is 20.3 Å². The Balaban J connectivity index is 2.22. The second-order valence-corrected chi connectivity index (χ2v) is 6.38. The van der Waals surface area contributed by atoms with E-state index in [1.165, 1.54) is 25.9 Å². The van der Waals surface area contributed by atoms with E-state index in [1.807, 2.05) is 6.92 Å². The summed E-state index contributed by atoms with van der Waals surface area (Å²) in [6.07, 6.45) is 6.39. The van der Waals surface area contributed by atoms with Crippen molar-refractivity contribution in [2.45, 2.75) is 64.8 Å². The predicted octanol–water partition coefficient (Wildman–Crippen LogP) is 2.73. The lowest BCUT2D eigenvalue weighted by Gasteiger charge is -2.26. The molecule has 118 valence electrons. The normalized spacial score (nSPS) is 22.9. The first kappa shape index (κ1) is 17.4. The van der Waals surface area contributed by atoms with Crippen molar-refractivity contribution in [3.05, 3.63) is 0 Å². The van der Waals surface area contributed by atoms with Gasteiger partial charge in [0.05, 0.1) is 0 Å². The second-order valence-electron chi connectivity index (χ2n) is 6.38. The summed E-state index contributed by atoms with van der Waals surface area (Å²) in [4.78, 5) is 13.9. The van der Waals surface area contributed by atoms with Gasteiger partial charge in [0.25, 0.3) is 0 Å². The molecule has 20 heavy (non-hydrogen) atoms. The number of nitrogens with one attached hydrogen (secondary N) is 1. The highest BCUT2D eigenvalue weighted by Crippen LogP contribution is 2.20. The van der Waals surface area contributed by atoms with Gasteiger partial charge in [-0.15, -0.1) is 0 Å². The number of hydrogen-bond donors (Lipinski definition) is 2. The summed E-state index contributed by atoms with van der Waals surface area (Å²) in [5.74, 6) is 0.156. The number of carboxylic acid groups (broad SMARTS) is 1. The third kappa shape index (κ3) is 5.41. The van der Waals surface area contributed by atoms with Crippen molar-refractivity contribution in [1.82, 2.24) is 10.2 Å². The number of rotatable bonds is 10. The Morgan fingerprint density at radius 3 is 2.70 bits per heavy atom. The molecule has 1 heterocycles. The zero-order valence-electron chi connectivity index (χ0n) is 13.5. The lowest BCUT2D eigenvalue weighted by atomic mass is 9.94. The molecule has 1 aliphatic heterocycles. The van der Waals surface area contributed by atoms with Crippen LogP contribution in [-0.4, -0.2) is 47.7 Å². The molecule has 0 radical (unpaired) electrons. The van der Waals surface area contributed by atoms with Crippen molar-refractivity contribution in [3.8, 4) is 0 Å². The van der Waals surface area contributed by atoms with Gasteiger partial charge in [0.2, 0.25) is 0 Å². The van der Waals surface area contributed by atoms with Crippen LogP contribution in [0.1, 0.15) is 59.3 Å². The second kappa shape index (κ2) is 8.63. The Morgan fingerprint density at radius 1 is 1.40 bits per heavy atom. The number of nitrogens with zero attached hydrogens (tertiary/aromatic N) is 1. The minimum atomic E-state index is -0.757. The van der Waals surface area contributed by atoms with Crippen LogP contribution in [0.15, 0.2) is 0 Å². The molecule has 0 bridgehead atoms. The molecule has 2 N–H and O–H groups in total. The van der Waals surface area contributed by atoms with Gasteiger partial charge in [-0.2, -0.15) is 0 Å². The maximum Gasteiger partial charge on any atom is 0.323 e. The van der Waals surface area contributed by atoms with Crippen LogP contribution in [0.25, 0.3) is 0 Å². The first-order chi connectivity index (χ1) is 9.51. The van der Waals surface area contributed by atoms with E-state index in [0.717, 1.165) is 38.3 Å². The molecular formula is C16H32N2O2. The van der Waals surface area contributed by atoms with Gasteiger partial charge in [0.15, 0.2) is 0 Å². The Labute approximate surface area is 123 Å². The Morgan fingerprint density at radius 2 is 2.15 bits per heavy atom. The summed E-state index contributed by atoms with van der Waals surface area (Å²) in [5, 5.41) is 12.5. The van der Waals surface area contributed by atoms with E-state index < -0.39 is 11.5 Å². The number of likely N-dealkylation sites (tertiary alicyclic amines) is 1. The van der Waals surface area contributed by atoms with E-state index in [4.69, 9.17) is 0 Å². The standard InChI is InChI=1S/C16H32N2O2/c1-4-10-17-16(3,15(19)20)9-6-7-11-18-12-8-14(5-2)13-18/h14,17H,4-13H2,1-3H3,(H,19,20). The van der Waals surface area contributed by atoms with E-state index in [2.05, 4.69) is 24.1 Å². The van der Waals surface area contributed by atoms with Gasteiger partial charge in [0, 0.05) is 6.54 Å². The molecule has 2 unspecified atom stereocenters. The molecule has 0 aromatic heterocycles. The number of carbonyl (C=O) groups is 1. The minimum Gasteiger partial charge on any atom is -0.480 e. The molecule has 0 aromatic rings. The van der Waals surface area contributed by atoms with Crippen LogP contribution in [0.3, 0.4) is 0 Å². The van der Waals surface area contributed by atoms with Crippen LogP contribution in [0, 0.1) is 5.92 Å². The highest BCUT2D eigenvalue weighted by atomic mass is 16.4. The largest absolute Gasteiger partial charge is 0.480 e. The Bertz CT molecular complexity index is 296. The first-order valence-electron chi connectivity index (χ1n) is 8.22. The number of aliphatic carboxylic acids is 1. The van der Waals surface area contributed by atoms with E-state index in [9.17, 15) is 9.90 Å². The smallest absolute Gasteiger partial charge is 0.323 e. The average Bonchev–Trinajstić information content (AvgIpc) is 2.89. The number of hydrogen-bond acceptors (Lipinski definition) is 3. The lowest BCUT2D eigenvalue weighted by molar-refractivity contribution is -0.144. The topological polar surface area (TPSA) is 52.6 Å². The van der Waals surface area contributed by atoms with Crippen molar-refractivity contribution in [2.24, 2.45) is 5.92 Å². The molecule has 0 spiro atoms. The van der Waals surface area contributed by atoms with Crippen molar-refractivity contribution in [1.29, 1.82) is 0 Å². The number of carboxylic acids is 1. The van der Waals surface area contributed by atoms with Crippen LogP contribution < -0.4 is 5.32 Å². The maximum atomic E-state index is 11.4. The highest BCUT2D eigenvalue weighted by Gasteiger charge is 2.31. The van der Waals surface area contributed by atoms with Crippen molar-refractivity contribution in [3.63, 3.8) is 0 Å². The van der Waals surface area contributed by atoms with Crippen molar-refractivity contribution in [2.75, 3.05) is 26.2 Å². The summed E-state index contributed by atoms with van der Waals surface area (Å²) in [6, 6.07) is 0. The summed E-state index contributed by atoms with van der Waals surface area (Å²) in [6.45, 7) is 10.5. The van der Waals surface area contributed by atoms with Crippen LogP contribution in [0.2, 0.25) is 0 Å². The fourth-order valence-corrected chi connectivity index (χ4v) is 2.93. The van der Waals surface area contributed by atoms with Crippen molar-refractivity contribution >= 4 is 5.97 Å². The SMILES string of the molecule is CCCNC(C)(CCCCN1CCC(CC)C1)C(=O)O. The molecule has 0 saturated carbocycles. The average molecular weight is 284 g/mol. The number of unbranched alkanes of at least 4 members (excludes halogenated alkanes) is 1. The molecule has 4 nitrogen and oxygen atoms in total. The molecule has 2 atom stereocenters. The Kier molecular flexibility index (Phi) is 7.52. The molecule has 0 aliphatic carbocycles. The fourth-order valence-electron chi connectivity index (χ4n) is 2.93. The monoisotopic (exact) mass is 284 g/mol. The van der Waals surface area contributed by atoms with E-state index in [1.54, 1.807) is 0 Å². The summed E-state index contributed by atoms with van der Waals surface area (Å²) >= 11 is 0. The van der Waals surface area contributed by atoms with Gasteiger partial charge in [-0.25, -0.2) is 0 Å². The van der Waals surface area contributed by atoms with Crippen LogP contribution in [0.5, 0.6) is 0 Å². The minimum absolute atomic E-state index is 0.716. The van der Waals surface area contributed by atoms with Gasteiger partial charge < -0.3 is 15.3 Å². The van der Waals surface area contributed by atoms with Gasteiger partial charge in [0.1, 0.15) is 5.54 Å². The van der Waals surface area contributed by atoms with E-state index in [0.29, 0.717) is 6.42 Å². The fraction of sp³-hybridized carbons (Fsp3) is 0.938. The molecule has 1 rings (SSSR count). The third-order valence-electron chi connectivity index (χ3n) is 4.59. The molecule has 0 amide bonds. The summed E-state index contributed by atoms with van der Waals surface area (Å²) in [7, 11) is 0. The van der Waals surface area contributed by atoms with Crippen LogP contribution >= 0.6 is 0 Å². The molecule has 0 aromatic carbocycles. The molecule has 1 fully saturated rings. The zero-order valence-corrected chi connectivity index (χ0v) is 13.5. The Hall–Kier alpha value is -0.610. The third-order valence-corrected chi connectivity index (χ3v) is 4.59. The molecule has 1 saturated heterocycles.